The molecule has 0 aliphatic carbocycles. The van der Waals surface area contributed by atoms with Gasteiger partial charge in [0.25, 0.3) is 0 Å². The summed E-state index contributed by atoms with van der Waals surface area (Å²) in [4.78, 5) is 5.73. The van der Waals surface area contributed by atoms with Crippen molar-refractivity contribution in [3.63, 3.8) is 0 Å². The molecule has 2 rings (SSSR count). The maximum Gasteiger partial charge on any atom is 0.401 e. The Labute approximate surface area is 166 Å². The number of alkyl halides is 3. The van der Waals surface area contributed by atoms with E-state index < -0.39 is 12.7 Å². The van der Waals surface area contributed by atoms with E-state index in [2.05, 4.69) is 60.7 Å². The normalized spacial score (nSPS) is 19.1. The van der Waals surface area contributed by atoms with E-state index in [1.54, 1.807) is 7.05 Å². The molecule has 1 aromatic carbocycles. The Kier molecular flexibility index (Phi) is 7.75. The molecule has 4 nitrogen and oxygen atoms in total. The van der Waals surface area contributed by atoms with Crippen molar-refractivity contribution in [3.8, 4) is 0 Å². The fourth-order valence-electron chi connectivity index (χ4n) is 3.54. The number of hydrogen-bond donors (Lipinski definition) is 2. The molecule has 0 aromatic heterocycles. The molecule has 2 N–H and O–H groups in total. The second-order valence-electron chi connectivity index (χ2n) is 8.25. The van der Waals surface area contributed by atoms with Gasteiger partial charge in [-0.2, -0.15) is 13.2 Å². The first-order valence-corrected chi connectivity index (χ1v) is 9.96. The molecule has 0 bridgehead atoms. The summed E-state index contributed by atoms with van der Waals surface area (Å²) in [5.74, 6) is 0.892. The average molecular weight is 399 g/mol. The van der Waals surface area contributed by atoms with E-state index in [0.717, 1.165) is 12.8 Å². The average Bonchev–Trinajstić information content (AvgIpc) is 3.07. The Balaban J connectivity index is 1.79. The van der Waals surface area contributed by atoms with Gasteiger partial charge in [-0.1, -0.05) is 45.0 Å². The van der Waals surface area contributed by atoms with E-state index in [9.17, 15) is 13.2 Å². The predicted molar refractivity (Wildman–Crippen MR) is 109 cm³/mol. The molecule has 0 saturated carbocycles. The van der Waals surface area contributed by atoms with Crippen LogP contribution in [0.3, 0.4) is 0 Å². The largest absolute Gasteiger partial charge is 0.401 e. The Bertz CT molecular complexity index is 638. The first kappa shape index (κ1) is 22.5. The molecule has 28 heavy (non-hydrogen) atoms. The Morgan fingerprint density at radius 2 is 1.86 bits per heavy atom. The standard InChI is InChI=1S/C21H33F3N4/c1-5-16-6-8-18(9-7-16)20(2,3)14-27-19(25-4)26-12-17-10-11-28(13-17)15-21(22,23)24/h6-9,17H,5,10-15H2,1-4H3,(H2,25,26,27). The van der Waals surface area contributed by atoms with Gasteiger partial charge in [0.05, 0.1) is 6.54 Å². The van der Waals surface area contributed by atoms with Crippen LogP contribution in [-0.4, -0.2) is 56.8 Å². The first-order chi connectivity index (χ1) is 13.1. The molecule has 0 spiro atoms. The number of aryl methyl sites for hydroxylation is 1. The fraction of sp³-hybridized carbons (Fsp3) is 0.667. The van der Waals surface area contributed by atoms with Crippen LogP contribution in [0.5, 0.6) is 0 Å². The summed E-state index contributed by atoms with van der Waals surface area (Å²) in [7, 11) is 1.71. The minimum Gasteiger partial charge on any atom is -0.356 e. The number of nitrogens with zero attached hydrogens (tertiary/aromatic N) is 2. The third-order valence-corrected chi connectivity index (χ3v) is 5.40. The van der Waals surface area contributed by atoms with Crippen LogP contribution in [-0.2, 0) is 11.8 Å². The van der Waals surface area contributed by atoms with Gasteiger partial charge in [-0.15, -0.1) is 0 Å². The first-order valence-electron chi connectivity index (χ1n) is 9.96. The molecule has 1 unspecified atom stereocenters. The second-order valence-corrected chi connectivity index (χ2v) is 8.25. The van der Waals surface area contributed by atoms with E-state index in [1.165, 1.54) is 16.0 Å². The highest BCUT2D eigenvalue weighted by molar-refractivity contribution is 5.79. The quantitative estimate of drug-likeness (QED) is 0.545. The highest BCUT2D eigenvalue weighted by Crippen LogP contribution is 2.23. The SMILES string of the molecule is CCc1ccc(C(C)(C)CNC(=NC)NCC2CCN(CC(F)(F)F)C2)cc1. The van der Waals surface area contributed by atoms with Gasteiger partial charge in [0.1, 0.15) is 0 Å². The lowest BCUT2D eigenvalue weighted by Crippen LogP contribution is -2.45. The highest BCUT2D eigenvalue weighted by Gasteiger charge is 2.34. The van der Waals surface area contributed by atoms with Gasteiger partial charge in [0.2, 0.25) is 0 Å². The zero-order valence-electron chi connectivity index (χ0n) is 17.4. The zero-order chi connectivity index (χ0) is 20.8. The van der Waals surface area contributed by atoms with Crippen LogP contribution < -0.4 is 10.6 Å². The molecule has 0 radical (unpaired) electrons. The van der Waals surface area contributed by atoms with Crippen molar-refractivity contribution in [2.75, 3.05) is 39.8 Å². The summed E-state index contributed by atoms with van der Waals surface area (Å²) in [5, 5.41) is 6.62. The summed E-state index contributed by atoms with van der Waals surface area (Å²) >= 11 is 0. The van der Waals surface area contributed by atoms with Gasteiger partial charge in [-0.3, -0.25) is 9.89 Å². The van der Waals surface area contributed by atoms with Crippen LogP contribution in [0.2, 0.25) is 0 Å². The number of aliphatic imine (C=N–C) groups is 1. The number of nitrogens with one attached hydrogen (secondary N) is 2. The van der Waals surface area contributed by atoms with E-state index in [-0.39, 0.29) is 11.3 Å². The predicted octanol–water partition coefficient (Wildman–Crippen LogP) is 3.58. The Morgan fingerprint density at radius 1 is 1.18 bits per heavy atom. The summed E-state index contributed by atoms with van der Waals surface area (Å²) in [5.41, 5.74) is 2.51. The van der Waals surface area contributed by atoms with Gasteiger partial charge in [-0.05, 0) is 36.4 Å². The number of benzene rings is 1. The second kappa shape index (κ2) is 9.63. The van der Waals surface area contributed by atoms with Gasteiger partial charge in [-0.25, -0.2) is 0 Å². The molecule has 1 aliphatic rings. The molecule has 158 valence electrons. The Hall–Kier alpha value is -1.76. The maximum absolute atomic E-state index is 12.5. The maximum atomic E-state index is 12.5. The van der Waals surface area contributed by atoms with E-state index in [1.807, 2.05) is 0 Å². The minimum absolute atomic E-state index is 0.0687. The van der Waals surface area contributed by atoms with Gasteiger partial charge < -0.3 is 10.6 Å². The molecular weight excluding hydrogens is 365 g/mol. The zero-order valence-corrected chi connectivity index (χ0v) is 17.4. The van der Waals surface area contributed by atoms with Crippen molar-refractivity contribution in [1.82, 2.24) is 15.5 Å². The lowest BCUT2D eigenvalue weighted by molar-refractivity contribution is -0.143. The van der Waals surface area contributed by atoms with E-state index in [4.69, 9.17) is 0 Å². The number of rotatable bonds is 7. The molecule has 1 saturated heterocycles. The third-order valence-electron chi connectivity index (χ3n) is 5.40. The van der Waals surface area contributed by atoms with E-state index >= 15 is 0 Å². The van der Waals surface area contributed by atoms with Crippen LogP contribution in [0.4, 0.5) is 13.2 Å². The number of halogens is 3. The molecule has 7 heteroatoms. The third kappa shape index (κ3) is 7.00. The van der Waals surface area contributed by atoms with Crippen molar-refractivity contribution < 1.29 is 13.2 Å². The number of likely N-dealkylation sites (tertiary alicyclic amines) is 1. The van der Waals surface area contributed by atoms with Crippen LogP contribution >= 0.6 is 0 Å². The fourth-order valence-corrected chi connectivity index (χ4v) is 3.54. The molecule has 1 fully saturated rings. The van der Waals surface area contributed by atoms with Crippen LogP contribution in [0.1, 0.15) is 38.3 Å². The smallest absolute Gasteiger partial charge is 0.356 e. The molecule has 1 aliphatic heterocycles. The molecule has 0 amide bonds. The van der Waals surface area contributed by atoms with Gasteiger partial charge in [0, 0.05) is 32.1 Å². The Morgan fingerprint density at radius 3 is 2.43 bits per heavy atom. The van der Waals surface area contributed by atoms with Gasteiger partial charge >= 0.3 is 6.18 Å². The summed E-state index contributed by atoms with van der Waals surface area (Å²) in [6, 6.07) is 8.67. The van der Waals surface area contributed by atoms with Crippen molar-refractivity contribution >= 4 is 5.96 Å². The summed E-state index contributed by atoms with van der Waals surface area (Å²) in [6.45, 7) is 7.99. The van der Waals surface area contributed by atoms with Crippen LogP contribution in [0.25, 0.3) is 0 Å². The lowest BCUT2D eigenvalue weighted by atomic mass is 9.84. The van der Waals surface area contributed by atoms with Crippen molar-refractivity contribution in [3.05, 3.63) is 35.4 Å². The highest BCUT2D eigenvalue weighted by atomic mass is 19.4. The minimum atomic E-state index is -4.12. The summed E-state index contributed by atoms with van der Waals surface area (Å²) < 4.78 is 37.5. The molecule has 1 heterocycles. The van der Waals surface area contributed by atoms with E-state index in [0.29, 0.717) is 32.1 Å². The van der Waals surface area contributed by atoms with Gasteiger partial charge in [0.15, 0.2) is 5.96 Å². The topological polar surface area (TPSA) is 39.7 Å². The summed E-state index contributed by atoms with van der Waals surface area (Å²) in [6.07, 6.45) is -2.33. The van der Waals surface area contributed by atoms with Crippen molar-refractivity contribution in [1.29, 1.82) is 0 Å². The van der Waals surface area contributed by atoms with Crippen LogP contribution in [0, 0.1) is 5.92 Å². The number of hydrogen-bond acceptors (Lipinski definition) is 2. The van der Waals surface area contributed by atoms with Crippen molar-refractivity contribution in [2.45, 2.75) is 45.2 Å². The van der Waals surface area contributed by atoms with Crippen molar-refractivity contribution in [2.24, 2.45) is 10.9 Å². The monoisotopic (exact) mass is 398 g/mol. The number of guanidine groups is 1. The molecule has 1 aromatic rings. The van der Waals surface area contributed by atoms with Crippen LogP contribution in [0.15, 0.2) is 29.3 Å². The molecule has 1 atom stereocenters. The lowest BCUT2D eigenvalue weighted by Gasteiger charge is -2.27. The molecular formula is C21H33F3N4.